The first-order valence-corrected chi connectivity index (χ1v) is 6.57. The lowest BCUT2D eigenvalue weighted by molar-refractivity contribution is 0.0950. The first-order valence-electron chi connectivity index (χ1n) is 6.57. The third-order valence-electron chi connectivity index (χ3n) is 3.03. The molecule has 0 aromatic carbocycles. The van der Waals surface area contributed by atoms with Crippen molar-refractivity contribution in [2.24, 2.45) is 0 Å². The van der Waals surface area contributed by atoms with Crippen molar-refractivity contribution in [2.45, 2.75) is 25.4 Å². The largest absolute Gasteiger partial charge is 0.351 e. The number of rotatable bonds is 5. The summed E-state index contributed by atoms with van der Waals surface area (Å²) in [6.07, 6.45) is 8.81. The molecule has 0 bridgehead atoms. The summed E-state index contributed by atoms with van der Waals surface area (Å²) in [4.78, 5) is 24.1. The maximum Gasteiger partial charge on any atom is 0.254 e. The van der Waals surface area contributed by atoms with Crippen molar-refractivity contribution in [2.75, 3.05) is 5.32 Å². The van der Waals surface area contributed by atoms with Gasteiger partial charge >= 0.3 is 0 Å². The zero-order chi connectivity index (χ0) is 13.8. The molecule has 3 rings (SSSR count). The van der Waals surface area contributed by atoms with Gasteiger partial charge in [0, 0.05) is 37.4 Å². The van der Waals surface area contributed by atoms with Crippen LogP contribution in [0.25, 0.3) is 0 Å². The number of carbonyl (C=O) groups is 1. The molecule has 1 aliphatic rings. The highest BCUT2D eigenvalue weighted by molar-refractivity contribution is 5.93. The molecule has 0 aliphatic heterocycles. The van der Waals surface area contributed by atoms with Crippen LogP contribution >= 0.6 is 0 Å². The monoisotopic (exact) mass is 269 g/mol. The molecule has 2 heterocycles. The van der Waals surface area contributed by atoms with Gasteiger partial charge in [0.05, 0.1) is 5.56 Å². The Bertz CT molecular complexity index is 580. The lowest BCUT2D eigenvalue weighted by Gasteiger charge is -2.06. The smallest absolute Gasteiger partial charge is 0.254 e. The Hall–Kier alpha value is -2.50. The number of anilines is 1. The molecule has 1 saturated carbocycles. The Labute approximate surface area is 116 Å². The van der Waals surface area contributed by atoms with Gasteiger partial charge in [-0.3, -0.25) is 9.78 Å². The van der Waals surface area contributed by atoms with Crippen LogP contribution in [0.1, 0.15) is 28.8 Å². The van der Waals surface area contributed by atoms with Crippen molar-refractivity contribution in [1.82, 2.24) is 20.3 Å². The SMILES string of the molecule is O=C(NCc1ccncc1)c1cnc(NC2CC2)nc1. The summed E-state index contributed by atoms with van der Waals surface area (Å²) in [7, 11) is 0. The second-order valence-corrected chi connectivity index (χ2v) is 4.75. The Morgan fingerprint density at radius 1 is 1.20 bits per heavy atom. The summed E-state index contributed by atoms with van der Waals surface area (Å²) >= 11 is 0. The van der Waals surface area contributed by atoms with Crippen LogP contribution in [-0.4, -0.2) is 26.9 Å². The van der Waals surface area contributed by atoms with E-state index in [0.29, 0.717) is 24.1 Å². The third kappa shape index (κ3) is 3.28. The number of nitrogens with zero attached hydrogens (tertiary/aromatic N) is 3. The number of aromatic nitrogens is 3. The van der Waals surface area contributed by atoms with Crippen molar-refractivity contribution in [3.63, 3.8) is 0 Å². The van der Waals surface area contributed by atoms with E-state index in [4.69, 9.17) is 0 Å². The van der Waals surface area contributed by atoms with E-state index in [1.807, 2.05) is 12.1 Å². The fourth-order valence-electron chi connectivity index (χ4n) is 1.72. The molecule has 1 amide bonds. The molecule has 0 saturated heterocycles. The summed E-state index contributed by atoms with van der Waals surface area (Å²) in [6, 6.07) is 4.22. The van der Waals surface area contributed by atoms with Crippen molar-refractivity contribution in [1.29, 1.82) is 0 Å². The molecule has 0 atom stereocenters. The zero-order valence-corrected chi connectivity index (χ0v) is 10.9. The topological polar surface area (TPSA) is 79.8 Å². The van der Waals surface area contributed by atoms with Crippen LogP contribution in [0.4, 0.5) is 5.95 Å². The molecular weight excluding hydrogens is 254 g/mol. The normalized spacial score (nSPS) is 13.8. The molecule has 0 spiro atoms. The van der Waals surface area contributed by atoms with E-state index in [9.17, 15) is 4.79 Å². The molecule has 20 heavy (non-hydrogen) atoms. The van der Waals surface area contributed by atoms with Crippen LogP contribution in [0.5, 0.6) is 0 Å². The lowest BCUT2D eigenvalue weighted by atomic mass is 10.2. The quantitative estimate of drug-likeness (QED) is 0.857. The summed E-state index contributed by atoms with van der Waals surface area (Å²) in [6.45, 7) is 0.462. The van der Waals surface area contributed by atoms with Crippen molar-refractivity contribution < 1.29 is 4.79 Å². The molecule has 0 unspecified atom stereocenters. The van der Waals surface area contributed by atoms with Gasteiger partial charge in [0.1, 0.15) is 0 Å². The van der Waals surface area contributed by atoms with Crippen molar-refractivity contribution >= 4 is 11.9 Å². The third-order valence-corrected chi connectivity index (χ3v) is 3.03. The molecular formula is C14H15N5O. The highest BCUT2D eigenvalue weighted by Crippen LogP contribution is 2.22. The van der Waals surface area contributed by atoms with E-state index >= 15 is 0 Å². The highest BCUT2D eigenvalue weighted by atomic mass is 16.1. The highest BCUT2D eigenvalue weighted by Gasteiger charge is 2.21. The Balaban J connectivity index is 1.56. The Morgan fingerprint density at radius 2 is 1.90 bits per heavy atom. The van der Waals surface area contributed by atoms with E-state index in [1.54, 1.807) is 24.8 Å². The molecule has 1 fully saturated rings. The van der Waals surface area contributed by atoms with Crippen LogP contribution < -0.4 is 10.6 Å². The molecule has 102 valence electrons. The molecule has 6 heteroatoms. The first kappa shape index (κ1) is 12.5. The lowest BCUT2D eigenvalue weighted by Crippen LogP contribution is -2.23. The number of hydrogen-bond donors (Lipinski definition) is 2. The van der Waals surface area contributed by atoms with Gasteiger partial charge in [0.15, 0.2) is 0 Å². The minimum absolute atomic E-state index is 0.181. The van der Waals surface area contributed by atoms with Crippen LogP contribution in [0, 0.1) is 0 Å². The van der Waals surface area contributed by atoms with E-state index in [0.717, 1.165) is 18.4 Å². The fraction of sp³-hybridized carbons (Fsp3) is 0.286. The summed E-state index contributed by atoms with van der Waals surface area (Å²) in [5.74, 6) is 0.401. The molecule has 1 aliphatic carbocycles. The minimum Gasteiger partial charge on any atom is -0.351 e. The molecule has 6 nitrogen and oxygen atoms in total. The molecule has 0 radical (unpaired) electrons. The van der Waals surface area contributed by atoms with E-state index in [2.05, 4.69) is 25.6 Å². The van der Waals surface area contributed by atoms with Gasteiger partial charge in [-0.25, -0.2) is 9.97 Å². The standard InChI is InChI=1S/C14H15N5O/c20-13(16-7-10-3-5-15-6-4-10)11-8-17-14(18-9-11)19-12-1-2-12/h3-6,8-9,12H,1-2,7H2,(H,16,20)(H,17,18,19). The molecule has 2 aromatic heterocycles. The van der Waals surface area contributed by atoms with Crippen LogP contribution in [0.15, 0.2) is 36.9 Å². The van der Waals surface area contributed by atoms with E-state index in [1.165, 1.54) is 0 Å². The van der Waals surface area contributed by atoms with Gasteiger partial charge in [-0.1, -0.05) is 0 Å². The Kier molecular flexibility index (Phi) is 3.54. The maximum absolute atomic E-state index is 11.9. The number of amides is 1. The second kappa shape index (κ2) is 5.64. The number of carbonyl (C=O) groups excluding carboxylic acids is 1. The van der Waals surface area contributed by atoms with Gasteiger partial charge in [-0.15, -0.1) is 0 Å². The predicted octanol–water partition coefficient (Wildman–Crippen LogP) is 1.38. The number of pyridine rings is 1. The van der Waals surface area contributed by atoms with Gasteiger partial charge < -0.3 is 10.6 Å². The molecule has 2 aromatic rings. The maximum atomic E-state index is 11.9. The van der Waals surface area contributed by atoms with E-state index < -0.39 is 0 Å². The fourth-order valence-corrected chi connectivity index (χ4v) is 1.72. The minimum atomic E-state index is -0.181. The summed E-state index contributed by atoms with van der Waals surface area (Å²) in [5, 5.41) is 6.00. The van der Waals surface area contributed by atoms with Crippen LogP contribution in [0.3, 0.4) is 0 Å². The average Bonchev–Trinajstić information content (AvgIpc) is 3.31. The zero-order valence-electron chi connectivity index (χ0n) is 10.9. The van der Waals surface area contributed by atoms with E-state index in [-0.39, 0.29) is 5.91 Å². The van der Waals surface area contributed by atoms with Gasteiger partial charge in [0.2, 0.25) is 5.95 Å². The van der Waals surface area contributed by atoms with Crippen molar-refractivity contribution in [3.05, 3.63) is 48.0 Å². The number of nitrogens with one attached hydrogen (secondary N) is 2. The first-order chi connectivity index (χ1) is 9.81. The van der Waals surface area contributed by atoms with Gasteiger partial charge in [0.25, 0.3) is 5.91 Å². The van der Waals surface area contributed by atoms with Gasteiger partial charge in [-0.2, -0.15) is 0 Å². The van der Waals surface area contributed by atoms with Crippen molar-refractivity contribution in [3.8, 4) is 0 Å². The van der Waals surface area contributed by atoms with Gasteiger partial charge in [-0.05, 0) is 30.5 Å². The second-order valence-electron chi connectivity index (χ2n) is 4.75. The summed E-state index contributed by atoms with van der Waals surface area (Å²) in [5.41, 5.74) is 1.46. The molecule has 2 N–H and O–H groups in total. The number of hydrogen-bond acceptors (Lipinski definition) is 5. The van der Waals surface area contributed by atoms with Crippen LogP contribution in [-0.2, 0) is 6.54 Å². The van der Waals surface area contributed by atoms with Crippen LogP contribution in [0.2, 0.25) is 0 Å². The predicted molar refractivity (Wildman–Crippen MR) is 74.1 cm³/mol. The average molecular weight is 269 g/mol. The summed E-state index contributed by atoms with van der Waals surface area (Å²) < 4.78 is 0. The Morgan fingerprint density at radius 3 is 2.55 bits per heavy atom.